The normalized spacial score (nSPS) is 13.3. The van der Waals surface area contributed by atoms with Gasteiger partial charge in [0.1, 0.15) is 0 Å². The molecule has 1 N–H and O–H groups in total. The van der Waals surface area contributed by atoms with Crippen molar-refractivity contribution in [2.45, 2.75) is 33.7 Å². The molecule has 1 unspecified atom stereocenters. The Morgan fingerprint density at radius 1 is 1.48 bits per heavy atom. The van der Waals surface area contributed by atoms with Gasteiger partial charge in [-0.15, -0.1) is 16.4 Å². The number of hydrogen-bond acceptors (Lipinski definition) is 5. The minimum absolute atomic E-state index is 0.0799. The zero-order valence-corrected chi connectivity index (χ0v) is 13.6. The predicted molar refractivity (Wildman–Crippen MR) is 81.3 cm³/mol. The summed E-state index contributed by atoms with van der Waals surface area (Å²) < 4.78 is 2.18. The largest absolute Gasteiger partial charge is 0.481 e. The zero-order valence-electron chi connectivity index (χ0n) is 12.1. The average Bonchev–Trinajstić information content (AvgIpc) is 2.95. The van der Waals surface area contributed by atoms with Gasteiger partial charge in [0, 0.05) is 0 Å². The number of aliphatic carboxylic acids is 1. The van der Waals surface area contributed by atoms with Gasteiger partial charge in [-0.1, -0.05) is 32.4 Å². The van der Waals surface area contributed by atoms with Crippen LogP contribution in [0.1, 0.15) is 27.2 Å². The Kier molecular flexibility index (Phi) is 4.63. The Morgan fingerprint density at radius 3 is 2.71 bits per heavy atom. The maximum atomic E-state index is 11.5. The lowest BCUT2D eigenvalue weighted by Crippen LogP contribution is -2.26. The van der Waals surface area contributed by atoms with Gasteiger partial charge in [0.25, 0.3) is 0 Å². The Hall–Kier alpha value is -1.47. The smallest absolute Gasteiger partial charge is 0.308 e. The van der Waals surface area contributed by atoms with Crippen LogP contribution in [-0.4, -0.2) is 31.3 Å². The molecule has 0 fully saturated rings. The van der Waals surface area contributed by atoms with Crippen molar-refractivity contribution in [3.8, 4) is 10.7 Å². The van der Waals surface area contributed by atoms with Crippen LogP contribution in [0.4, 0.5) is 0 Å². The average molecular weight is 329 g/mol. The van der Waals surface area contributed by atoms with Crippen LogP contribution in [0.2, 0.25) is 4.34 Å². The van der Waals surface area contributed by atoms with Crippen LogP contribution in [0, 0.1) is 11.3 Å². The Balaban J connectivity index is 2.22. The van der Waals surface area contributed by atoms with Gasteiger partial charge in [0.15, 0.2) is 5.82 Å². The Morgan fingerprint density at radius 2 is 2.19 bits per heavy atom. The van der Waals surface area contributed by atoms with Crippen molar-refractivity contribution >= 4 is 28.9 Å². The van der Waals surface area contributed by atoms with Gasteiger partial charge in [-0.05, 0) is 34.4 Å². The van der Waals surface area contributed by atoms with Crippen LogP contribution in [-0.2, 0) is 11.3 Å². The van der Waals surface area contributed by atoms with E-state index in [1.54, 1.807) is 6.07 Å². The fraction of sp³-hybridized carbons (Fsp3) is 0.538. The molecule has 6 nitrogen and oxygen atoms in total. The number of carbonyl (C=O) groups is 1. The van der Waals surface area contributed by atoms with Crippen molar-refractivity contribution in [2.75, 3.05) is 0 Å². The minimum Gasteiger partial charge on any atom is -0.481 e. The van der Waals surface area contributed by atoms with Gasteiger partial charge >= 0.3 is 5.97 Å². The fourth-order valence-electron chi connectivity index (χ4n) is 2.12. The van der Waals surface area contributed by atoms with Crippen molar-refractivity contribution in [1.29, 1.82) is 0 Å². The summed E-state index contributed by atoms with van der Waals surface area (Å²) in [4.78, 5) is 12.3. The van der Waals surface area contributed by atoms with Crippen LogP contribution in [0.5, 0.6) is 0 Å². The highest BCUT2D eigenvalue weighted by molar-refractivity contribution is 7.19. The fourth-order valence-corrected chi connectivity index (χ4v) is 3.15. The molecule has 0 aromatic carbocycles. The first-order chi connectivity index (χ1) is 9.76. The summed E-state index contributed by atoms with van der Waals surface area (Å²) in [5.41, 5.74) is -0.0799. The number of carboxylic acids is 1. The van der Waals surface area contributed by atoms with E-state index >= 15 is 0 Å². The highest BCUT2D eigenvalue weighted by Gasteiger charge is 2.26. The van der Waals surface area contributed by atoms with E-state index in [1.807, 2.05) is 26.8 Å². The number of thiophene rings is 1. The third kappa shape index (κ3) is 4.25. The summed E-state index contributed by atoms with van der Waals surface area (Å²) in [6, 6.07) is 3.60. The maximum Gasteiger partial charge on any atom is 0.308 e. The summed E-state index contributed by atoms with van der Waals surface area (Å²) in [5.74, 6) is -0.828. The van der Waals surface area contributed by atoms with Crippen LogP contribution in [0.3, 0.4) is 0 Å². The molecular weight excluding hydrogens is 312 g/mol. The minimum atomic E-state index is -0.837. The molecule has 0 aliphatic carbocycles. The van der Waals surface area contributed by atoms with E-state index < -0.39 is 11.9 Å². The molecule has 0 aliphatic rings. The van der Waals surface area contributed by atoms with Gasteiger partial charge in [-0.3, -0.25) is 4.79 Å². The molecule has 2 rings (SSSR count). The van der Waals surface area contributed by atoms with Crippen LogP contribution in [0.25, 0.3) is 10.7 Å². The van der Waals surface area contributed by atoms with Gasteiger partial charge in [-0.2, -0.15) is 0 Å². The topological polar surface area (TPSA) is 80.9 Å². The van der Waals surface area contributed by atoms with E-state index in [1.165, 1.54) is 16.0 Å². The lowest BCUT2D eigenvalue weighted by Gasteiger charge is -2.23. The first-order valence-electron chi connectivity index (χ1n) is 6.51. The standard InChI is InChI=1S/C13H17ClN4O2S/c1-13(2,3)6-8(12(19)20)7-18-11(15-16-17-18)9-4-5-10(14)21-9/h4-5,8H,6-7H2,1-3H3,(H,19,20). The molecule has 0 spiro atoms. The van der Waals surface area contributed by atoms with E-state index in [4.69, 9.17) is 11.6 Å². The van der Waals surface area contributed by atoms with Gasteiger partial charge in [0.2, 0.25) is 0 Å². The Labute approximate surface area is 131 Å². The monoisotopic (exact) mass is 328 g/mol. The summed E-state index contributed by atoms with van der Waals surface area (Å²) in [5, 5.41) is 20.9. The molecule has 0 bridgehead atoms. The predicted octanol–water partition coefficient (Wildman–Crippen LogP) is 3.19. The van der Waals surface area contributed by atoms with Crippen LogP contribution >= 0.6 is 22.9 Å². The highest BCUT2D eigenvalue weighted by atomic mass is 35.5. The SMILES string of the molecule is CC(C)(C)CC(Cn1nnnc1-c1ccc(Cl)s1)C(=O)O. The first kappa shape index (κ1) is 15.9. The number of aromatic nitrogens is 4. The molecule has 0 saturated heterocycles. The molecule has 2 heterocycles. The number of halogens is 1. The van der Waals surface area contributed by atoms with Crippen LogP contribution in [0.15, 0.2) is 12.1 Å². The molecule has 1 atom stereocenters. The molecule has 2 aromatic rings. The Bertz CT molecular complexity index is 632. The van der Waals surface area contributed by atoms with E-state index in [-0.39, 0.29) is 12.0 Å². The number of tetrazole rings is 1. The van der Waals surface area contributed by atoms with Crippen molar-refractivity contribution in [3.05, 3.63) is 16.5 Å². The molecule has 0 aliphatic heterocycles. The lowest BCUT2D eigenvalue weighted by atomic mass is 9.84. The lowest BCUT2D eigenvalue weighted by molar-refractivity contribution is -0.143. The quantitative estimate of drug-likeness (QED) is 0.911. The molecular formula is C13H17ClN4O2S. The molecule has 2 aromatic heterocycles. The molecule has 114 valence electrons. The number of hydrogen-bond donors (Lipinski definition) is 1. The van der Waals surface area contributed by atoms with Gasteiger partial charge < -0.3 is 5.11 Å². The third-order valence-electron chi connectivity index (χ3n) is 2.93. The molecule has 21 heavy (non-hydrogen) atoms. The second-order valence-corrected chi connectivity index (χ2v) is 7.80. The number of carboxylic acid groups (broad SMARTS) is 1. The number of rotatable bonds is 5. The van der Waals surface area contributed by atoms with Gasteiger partial charge in [-0.25, -0.2) is 4.68 Å². The summed E-state index contributed by atoms with van der Waals surface area (Å²) in [7, 11) is 0. The van der Waals surface area contributed by atoms with Crippen molar-refractivity contribution in [3.63, 3.8) is 0 Å². The molecule has 0 radical (unpaired) electrons. The first-order valence-corrected chi connectivity index (χ1v) is 7.70. The third-order valence-corrected chi connectivity index (χ3v) is 4.15. The second kappa shape index (κ2) is 6.11. The summed E-state index contributed by atoms with van der Waals surface area (Å²) in [6.07, 6.45) is 0.548. The molecule has 0 amide bonds. The van der Waals surface area contributed by atoms with Crippen molar-refractivity contribution in [1.82, 2.24) is 20.2 Å². The van der Waals surface area contributed by atoms with E-state index in [0.717, 1.165) is 4.88 Å². The second-order valence-electron chi connectivity index (χ2n) is 6.09. The summed E-state index contributed by atoms with van der Waals surface area (Å²) >= 11 is 7.28. The highest BCUT2D eigenvalue weighted by Crippen LogP contribution is 2.30. The summed E-state index contributed by atoms with van der Waals surface area (Å²) in [6.45, 7) is 6.29. The van der Waals surface area contributed by atoms with Gasteiger partial charge in [0.05, 0.1) is 21.7 Å². The molecule has 8 heteroatoms. The zero-order chi connectivity index (χ0) is 15.6. The van der Waals surface area contributed by atoms with Crippen molar-refractivity contribution < 1.29 is 9.90 Å². The number of nitrogens with zero attached hydrogens (tertiary/aromatic N) is 4. The van der Waals surface area contributed by atoms with E-state index in [9.17, 15) is 9.90 Å². The van der Waals surface area contributed by atoms with Crippen LogP contribution < -0.4 is 0 Å². The maximum absolute atomic E-state index is 11.5. The van der Waals surface area contributed by atoms with E-state index in [0.29, 0.717) is 16.6 Å². The molecule has 0 saturated carbocycles. The van der Waals surface area contributed by atoms with E-state index in [2.05, 4.69) is 15.5 Å². The van der Waals surface area contributed by atoms with Crippen molar-refractivity contribution in [2.24, 2.45) is 11.3 Å².